The number of benzene rings is 1. The lowest BCUT2D eigenvalue weighted by atomic mass is 9.99. The molecule has 2 rings (SSSR count). The minimum absolute atomic E-state index is 0.130. The summed E-state index contributed by atoms with van der Waals surface area (Å²) in [5.74, 6) is -0.130. The van der Waals surface area contributed by atoms with Crippen molar-refractivity contribution >= 4 is 15.6 Å². The molecule has 0 N–H and O–H groups in total. The molecule has 0 spiro atoms. The van der Waals surface area contributed by atoms with Gasteiger partial charge in [-0.3, -0.25) is 4.79 Å². The quantitative estimate of drug-likeness (QED) is 0.791. The van der Waals surface area contributed by atoms with Crippen LogP contribution in [-0.4, -0.2) is 19.5 Å². The lowest BCUT2D eigenvalue weighted by Gasteiger charge is -2.20. The Morgan fingerprint density at radius 3 is 2.38 bits per heavy atom. The summed E-state index contributed by atoms with van der Waals surface area (Å²) in [6.07, 6.45) is 2.51. The summed E-state index contributed by atoms with van der Waals surface area (Å²) in [7, 11) is -3.46. The second-order valence-corrected chi connectivity index (χ2v) is 6.19. The monoisotopic (exact) mass is 238 g/mol. The zero-order valence-corrected chi connectivity index (χ0v) is 9.74. The third-order valence-corrected chi connectivity index (χ3v) is 5.12. The molecule has 1 aliphatic rings. The predicted octanol–water partition coefficient (Wildman–Crippen LogP) is 1.97. The number of hydrogen-bond donors (Lipinski definition) is 0. The van der Waals surface area contributed by atoms with Gasteiger partial charge in [-0.05, 0) is 25.0 Å². The summed E-state index contributed by atoms with van der Waals surface area (Å²) >= 11 is 0. The maximum absolute atomic E-state index is 12.2. The highest BCUT2D eigenvalue weighted by Gasteiger charge is 2.34. The van der Waals surface area contributed by atoms with E-state index < -0.39 is 15.1 Å². The van der Waals surface area contributed by atoms with Crippen molar-refractivity contribution < 1.29 is 13.2 Å². The maximum atomic E-state index is 12.2. The highest BCUT2D eigenvalue weighted by Crippen LogP contribution is 2.25. The molecular weight excluding hydrogens is 224 g/mol. The third-order valence-electron chi connectivity index (χ3n) is 2.94. The van der Waals surface area contributed by atoms with Crippen LogP contribution in [0.5, 0.6) is 0 Å². The molecule has 1 fully saturated rings. The van der Waals surface area contributed by atoms with Gasteiger partial charge in [-0.25, -0.2) is 8.42 Å². The van der Waals surface area contributed by atoms with Gasteiger partial charge < -0.3 is 0 Å². The standard InChI is InChI=1S/C12H14O3S/c13-11-8-4-5-9-12(11)16(14,15)10-6-2-1-3-7-10/h1-3,6-7,12H,4-5,8-9H2/t12-/m1/s1. The SMILES string of the molecule is O=C1CCCC[C@H]1S(=O)(=O)c1ccccc1. The number of Topliss-reactive ketones (excluding diaryl/α,β-unsaturated/α-hetero) is 1. The smallest absolute Gasteiger partial charge is 0.188 e. The molecule has 1 aromatic rings. The zero-order chi connectivity index (χ0) is 11.6. The van der Waals surface area contributed by atoms with E-state index in [1.165, 1.54) is 0 Å². The van der Waals surface area contributed by atoms with Crippen molar-refractivity contribution in [3.8, 4) is 0 Å². The Morgan fingerprint density at radius 2 is 1.75 bits per heavy atom. The highest BCUT2D eigenvalue weighted by atomic mass is 32.2. The van der Waals surface area contributed by atoms with Crippen molar-refractivity contribution in [2.45, 2.75) is 35.8 Å². The Morgan fingerprint density at radius 1 is 1.06 bits per heavy atom. The second-order valence-electron chi connectivity index (χ2n) is 4.06. The summed E-state index contributed by atoms with van der Waals surface area (Å²) in [5, 5.41) is -0.816. The van der Waals surface area contributed by atoms with Crippen LogP contribution < -0.4 is 0 Å². The molecular formula is C12H14O3S. The predicted molar refractivity (Wildman–Crippen MR) is 60.9 cm³/mol. The fourth-order valence-electron chi connectivity index (χ4n) is 2.05. The maximum Gasteiger partial charge on any atom is 0.188 e. The van der Waals surface area contributed by atoms with Gasteiger partial charge in [0.2, 0.25) is 0 Å². The minimum Gasteiger partial charge on any atom is -0.298 e. The summed E-state index contributed by atoms with van der Waals surface area (Å²) in [6.45, 7) is 0. The van der Waals surface area contributed by atoms with Crippen molar-refractivity contribution in [2.75, 3.05) is 0 Å². The van der Waals surface area contributed by atoms with Gasteiger partial charge in [0.05, 0.1) is 4.90 Å². The highest BCUT2D eigenvalue weighted by molar-refractivity contribution is 7.92. The van der Waals surface area contributed by atoms with Gasteiger partial charge in [-0.15, -0.1) is 0 Å². The van der Waals surface area contributed by atoms with Gasteiger partial charge >= 0.3 is 0 Å². The van der Waals surface area contributed by atoms with E-state index in [0.29, 0.717) is 12.8 Å². The lowest BCUT2D eigenvalue weighted by molar-refractivity contribution is -0.119. The number of carbonyl (C=O) groups is 1. The Hall–Kier alpha value is -1.16. The molecule has 0 unspecified atom stereocenters. The van der Waals surface area contributed by atoms with Gasteiger partial charge in [0.1, 0.15) is 5.25 Å². The zero-order valence-electron chi connectivity index (χ0n) is 8.93. The average molecular weight is 238 g/mol. The van der Waals surface area contributed by atoms with E-state index in [2.05, 4.69) is 0 Å². The number of rotatable bonds is 2. The average Bonchev–Trinajstić information content (AvgIpc) is 2.30. The van der Waals surface area contributed by atoms with Crippen LogP contribution >= 0.6 is 0 Å². The fraction of sp³-hybridized carbons (Fsp3) is 0.417. The van der Waals surface area contributed by atoms with E-state index in [1.54, 1.807) is 30.3 Å². The van der Waals surface area contributed by atoms with Crippen molar-refractivity contribution in [1.82, 2.24) is 0 Å². The summed E-state index contributed by atoms with van der Waals surface area (Å²) in [4.78, 5) is 11.9. The topological polar surface area (TPSA) is 51.2 Å². The summed E-state index contributed by atoms with van der Waals surface area (Å²) in [5.41, 5.74) is 0. The first-order valence-corrected chi connectivity index (χ1v) is 6.98. The molecule has 1 saturated carbocycles. The molecule has 1 aromatic carbocycles. The number of ketones is 1. The van der Waals surface area contributed by atoms with Crippen LogP contribution in [-0.2, 0) is 14.6 Å². The first-order valence-electron chi connectivity index (χ1n) is 5.44. The van der Waals surface area contributed by atoms with Crippen molar-refractivity contribution in [3.05, 3.63) is 30.3 Å². The fourth-order valence-corrected chi connectivity index (χ4v) is 3.86. The van der Waals surface area contributed by atoms with Crippen LogP contribution in [0.15, 0.2) is 35.2 Å². The van der Waals surface area contributed by atoms with Crippen LogP contribution in [0.1, 0.15) is 25.7 Å². The van der Waals surface area contributed by atoms with Gasteiger partial charge in [0, 0.05) is 6.42 Å². The number of carbonyl (C=O) groups excluding carboxylic acids is 1. The van der Waals surface area contributed by atoms with Crippen molar-refractivity contribution in [3.63, 3.8) is 0 Å². The largest absolute Gasteiger partial charge is 0.298 e. The van der Waals surface area contributed by atoms with Crippen molar-refractivity contribution in [1.29, 1.82) is 0 Å². The Labute approximate surface area is 95.4 Å². The first kappa shape index (κ1) is 11.3. The molecule has 3 nitrogen and oxygen atoms in total. The van der Waals surface area contributed by atoms with Crippen molar-refractivity contribution in [2.24, 2.45) is 0 Å². The Kier molecular flexibility index (Phi) is 3.10. The molecule has 86 valence electrons. The summed E-state index contributed by atoms with van der Waals surface area (Å²) in [6, 6.07) is 8.23. The Balaban J connectivity index is 2.35. The molecule has 16 heavy (non-hydrogen) atoms. The van der Waals surface area contributed by atoms with Gasteiger partial charge in [0.15, 0.2) is 15.6 Å². The summed E-state index contributed by atoms with van der Waals surface area (Å²) < 4.78 is 24.4. The Bertz CT molecular complexity index is 476. The van der Waals surface area contributed by atoms with Gasteiger partial charge in [-0.2, -0.15) is 0 Å². The van der Waals surface area contributed by atoms with E-state index in [9.17, 15) is 13.2 Å². The third kappa shape index (κ3) is 2.02. The molecule has 0 aromatic heterocycles. The molecule has 0 bridgehead atoms. The van der Waals surface area contributed by atoms with Crippen LogP contribution in [0.25, 0.3) is 0 Å². The molecule has 4 heteroatoms. The van der Waals surface area contributed by atoms with Crippen LogP contribution in [0.2, 0.25) is 0 Å². The van der Waals surface area contributed by atoms with E-state index >= 15 is 0 Å². The normalized spacial score (nSPS) is 22.0. The second kappa shape index (κ2) is 4.37. The van der Waals surface area contributed by atoms with E-state index in [4.69, 9.17) is 0 Å². The minimum atomic E-state index is -3.46. The molecule has 0 saturated heterocycles. The van der Waals surface area contributed by atoms with Crippen LogP contribution in [0.4, 0.5) is 0 Å². The molecule has 0 amide bonds. The molecule has 1 atom stereocenters. The first-order chi connectivity index (χ1) is 7.62. The van der Waals surface area contributed by atoms with E-state index in [-0.39, 0.29) is 10.7 Å². The molecule has 0 heterocycles. The van der Waals surface area contributed by atoms with Gasteiger partial charge in [0.25, 0.3) is 0 Å². The number of hydrogen-bond acceptors (Lipinski definition) is 3. The lowest BCUT2D eigenvalue weighted by Crippen LogP contribution is -2.33. The molecule has 0 aliphatic heterocycles. The van der Waals surface area contributed by atoms with E-state index in [0.717, 1.165) is 12.8 Å². The number of sulfone groups is 1. The van der Waals surface area contributed by atoms with E-state index in [1.807, 2.05) is 0 Å². The van der Waals surface area contributed by atoms with Crippen LogP contribution in [0.3, 0.4) is 0 Å². The van der Waals surface area contributed by atoms with Crippen LogP contribution in [0, 0.1) is 0 Å². The molecule has 0 radical (unpaired) electrons. The van der Waals surface area contributed by atoms with Gasteiger partial charge in [-0.1, -0.05) is 24.6 Å². The molecule has 1 aliphatic carbocycles.